The van der Waals surface area contributed by atoms with E-state index in [2.05, 4.69) is 0 Å². The van der Waals surface area contributed by atoms with E-state index in [-0.39, 0.29) is 24.9 Å². The van der Waals surface area contributed by atoms with Crippen LogP contribution in [-0.2, 0) is 11.3 Å². The number of ether oxygens (including phenoxy) is 3. The Morgan fingerprint density at radius 2 is 1.58 bits per heavy atom. The van der Waals surface area contributed by atoms with Gasteiger partial charge in [0.2, 0.25) is 6.79 Å². The van der Waals surface area contributed by atoms with Crippen molar-refractivity contribution in [1.29, 1.82) is 0 Å². The molecule has 0 unspecified atom stereocenters. The number of rotatable bonds is 4. The minimum absolute atomic E-state index is 0.0152. The van der Waals surface area contributed by atoms with Crippen molar-refractivity contribution >= 4 is 5.91 Å². The molecule has 0 spiro atoms. The van der Waals surface area contributed by atoms with Gasteiger partial charge in [0.25, 0.3) is 5.91 Å². The zero-order chi connectivity index (χ0) is 21.2. The highest BCUT2D eigenvalue weighted by atomic mass is 16.7. The van der Waals surface area contributed by atoms with Gasteiger partial charge in [-0.2, -0.15) is 0 Å². The standard InChI is InChI=1S/C25H24N2O4/c26-13-17-6-8-19(9-7-17)25(28)27-14-23(18-4-2-1-3-5-18)31-24(15-27)20-10-11-21-22(12-20)30-16-29-21/h1-12,23-24H,13-16,26H2/t23-,24+/m0/s1. The number of amides is 1. The van der Waals surface area contributed by atoms with Crippen LogP contribution in [0.15, 0.2) is 72.8 Å². The summed E-state index contributed by atoms with van der Waals surface area (Å²) in [5.41, 5.74) is 9.34. The number of nitrogens with two attached hydrogens (primary N) is 1. The van der Waals surface area contributed by atoms with E-state index in [0.29, 0.717) is 30.9 Å². The molecule has 6 nitrogen and oxygen atoms in total. The minimum Gasteiger partial charge on any atom is -0.454 e. The molecule has 3 aromatic carbocycles. The van der Waals surface area contributed by atoms with Gasteiger partial charge >= 0.3 is 0 Å². The number of morpholine rings is 1. The molecule has 0 aliphatic carbocycles. The average molecular weight is 416 g/mol. The number of nitrogens with zero attached hydrogens (tertiary/aromatic N) is 1. The predicted molar refractivity (Wildman–Crippen MR) is 116 cm³/mol. The molecule has 0 radical (unpaired) electrons. The number of fused-ring (bicyclic) bond motifs is 1. The summed E-state index contributed by atoms with van der Waals surface area (Å²) in [7, 11) is 0. The zero-order valence-corrected chi connectivity index (χ0v) is 17.1. The third kappa shape index (κ3) is 4.00. The van der Waals surface area contributed by atoms with Gasteiger partial charge in [-0.3, -0.25) is 4.79 Å². The van der Waals surface area contributed by atoms with E-state index in [1.165, 1.54) is 0 Å². The molecule has 2 heterocycles. The van der Waals surface area contributed by atoms with E-state index in [4.69, 9.17) is 19.9 Å². The molecule has 0 saturated carbocycles. The second-order valence-corrected chi connectivity index (χ2v) is 7.75. The van der Waals surface area contributed by atoms with Crippen molar-refractivity contribution < 1.29 is 19.0 Å². The summed E-state index contributed by atoms with van der Waals surface area (Å²) < 4.78 is 17.4. The summed E-state index contributed by atoms with van der Waals surface area (Å²) in [6.45, 7) is 1.62. The average Bonchev–Trinajstić information content (AvgIpc) is 3.32. The van der Waals surface area contributed by atoms with E-state index in [0.717, 1.165) is 22.4 Å². The Kier molecular flexibility index (Phi) is 5.32. The van der Waals surface area contributed by atoms with Crippen molar-refractivity contribution in [2.75, 3.05) is 19.9 Å². The summed E-state index contributed by atoms with van der Waals surface area (Å²) >= 11 is 0. The van der Waals surface area contributed by atoms with Crippen molar-refractivity contribution in [2.45, 2.75) is 18.8 Å². The molecule has 1 saturated heterocycles. The Morgan fingerprint density at radius 1 is 0.871 bits per heavy atom. The van der Waals surface area contributed by atoms with Crippen LogP contribution in [0.1, 0.15) is 39.3 Å². The summed E-state index contributed by atoms with van der Waals surface area (Å²) in [5.74, 6) is 1.42. The Bertz CT molecular complexity index is 1070. The first-order valence-corrected chi connectivity index (χ1v) is 10.4. The Labute approximate surface area is 181 Å². The lowest BCUT2D eigenvalue weighted by molar-refractivity contribution is -0.0797. The fraction of sp³-hybridized carbons (Fsp3) is 0.240. The topological polar surface area (TPSA) is 74.0 Å². The van der Waals surface area contributed by atoms with Crippen LogP contribution in [0, 0.1) is 0 Å². The van der Waals surface area contributed by atoms with Gasteiger partial charge in [0.05, 0.1) is 13.1 Å². The first kappa shape index (κ1) is 19.6. The largest absolute Gasteiger partial charge is 0.454 e. The van der Waals surface area contributed by atoms with E-state index < -0.39 is 0 Å². The molecule has 31 heavy (non-hydrogen) atoms. The lowest BCUT2D eigenvalue weighted by atomic mass is 10.0. The Balaban J connectivity index is 1.45. The summed E-state index contributed by atoms with van der Waals surface area (Å²) in [4.78, 5) is 15.2. The summed E-state index contributed by atoms with van der Waals surface area (Å²) in [6, 6.07) is 23.3. The molecule has 158 valence electrons. The number of carbonyl (C=O) groups excluding carboxylic acids is 1. The van der Waals surface area contributed by atoms with Crippen molar-refractivity contribution in [3.63, 3.8) is 0 Å². The van der Waals surface area contributed by atoms with Gasteiger partial charge in [-0.1, -0.05) is 48.5 Å². The second-order valence-electron chi connectivity index (χ2n) is 7.75. The van der Waals surface area contributed by atoms with Crippen molar-refractivity contribution in [3.05, 3.63) is 95.1 Å². The molecule has 2 aliphatic rings. The quantitative estimate of drug-likeness (QED) is 0.700. The molecular formula is C25H24N2O4. The van der Waals surface area contributed by atoms with Crippen LogP contribution in [0.4, 0.5) is 0 Å². The van der Waals surface area contributed by atoms with Crippen molar-refractivity contribution in [2.24, 2.45) is 5.73 Å². The minimum atomic E-state index is -0.277. The maximum atomic E-state index is 13.3. The summed E-state index contributed by atoms with van der Waals surface area (Å²) in [6.07, 6.45) is -0.502. The molecule has 2 N–H and O–H groups in total. The highest BCUT2D eigenvalue weighted by Gasteiger charge is 2.33. The number of carbonyl (C=O) groups is 1. The molecule has 0 aromatic heterocycles. The van der Waals surface area contributed by atoms with Gasteiger partial charge in [0, 0.05) is 12.1 Å². The predicted octanol–water partition coefficient (Wildman–Crippen LogP) is 3.83. The molecular weight excluding hydrogens is 392 g/mol. The second kappa shape index (κ2) is 8.41. The monoisotopic (exact) mass is 416 g/mol. The van der Waals surface area contributed by atoms with Crippen LogP contribution < -0.4 is 15.2 Å². The lowest BCUT2D eigenvalue weighted by Gasteiger charge is -2.38. The molecule has 5 rings (SSSR count). The molecule has 0 bridgehead atoms. The van der Waals surface area contributed by atoms with Gasteiger partial charge < -0.3 is 24.8 Å². The van der Waals surface area contributed by atoms with Gasteiger partial charge in [0.1, 0.15) is 12.2 Å². The van der Waals surface area contributed by atoms with E-state index in [9.17, 15) is 4.79 Å². The maximum absolute atomic E-state index is 13.3. The van der Waals surface area contributed by atoms with E-state index in [1.807, 2.05) is 77.7 Å². The van der Waals surface area contributed by atoms with Gasteiger partial charge in [-0.25, -0.2) is 0 Å². The van der Waals surface area contributed by atoms with Crippen LogP contribution in [0.25, 0.3) is 0 Å². The molecule has 1 amide bonds. The third-order valence-corrected chi connectivity index (χ3v) is 5.76. The molecule has 3 aromatic rings. The smallest absolute Gasteiger partial charge is 0.254 e. The third-order valence-electron chi connectivity index (χ3n) is 5.76. The van der Waals surface area contributed by atoms with Crippen LogP contribution in [0.3, 0.4) is 0 Å². The molecule has 1 fully saturated rings. The van der Waals surface area contributed by atoms with Crippen LogP contribution >= 0.6 is 0 Å². The van der Waals surface area contributed by atoms with Gasteiger partial charge in [-0.15, -0.1) is 0 Å². The Hall–Kier alpha value is -3.35. The molecule has 2 atom stereocenters. The number of benzene rings is 3. The number of hydrogen-bond donors (Lipinski definition) is 1. The van der Waals surface area contributed by atoms with E-state index in [1.54, 1.807) is 0 Å². The normalized spacial score (nSPS) is 20.0. The number of hydrogen-bond acceptors (Lipinski definition) is 5. The van der Waals surface area contributed by atoms with E-state index >= 15 is 0 Å². The summed E-state index contributed by atoms with van der Waals surface area (Å²) in [5, 5.41) is 0. The fourth-order valence-corrected chi connectivity index (χ4v) is 4.04. The lowest BCUT2D eigenvalue weighted by Crippen LogP contribution is -2.43. The maximum Gasteiger partial charge on any atom is 0.254 e. The SMILES string of the molecule is NCc1ccc(C(=O)N2C[C@@H](c3ccccc3)O[C@@H](c3ccc4c(c3)OCO4)C2)cc1. The first-order chi connectivity index (χ1) is 15.2. The van der Waals surface area contributed by atoms with Crippen LogP contribution in [0.5, 0.6) is 11.5 Å². The highest BCUT2D eigenvalue weighted by molar-refractivity contribution is 5.94. The first-order valence-electron chi connectivity index (χ1n) is 10.4. The van der Waals surface area contributed by atoms with Gasteiger partial charge in [0.15, 0.2) is 11.5 Å². The fourth-order valence-electron chi connectivity index (χ4n) is 4.04. The zero-order valence-electron chi connectivity index (χ0n) is 17.1. The van der Waals surface area contributed by atoms with Crippen LogP contribution in [0.2, 0.25) is 0 Å². The highest BCUT2D eigenvalue weighted by Crippen LogP contribution is 2.38. The van der Waals surface area contributed by atoms with Gasteiger partial charge in [-0.05, 0) is 41.0 Å². The molecule has 2 aliphatic heterocycles. The Morgan fingerprint density at radius 3 is 2.32 bits per heavy atom. The molecule has 6 heteroatoms. The van der Waals surface area contributed by atoms with Crippen molar-refractivity contribution in [3.8, 4) is 11.5 Å². The van der Waals surface area contributed by atoms with Crippen molar-refractivity contribution in [1.82, 2.24) is 4.90 Å². The van der Waals surface area contributed by atoms with Crippen LogP contribution in [-0.4, -0.2) is 30.7 Å².